The van der Waals surface area contributed by atoms with Crippen LogP contribution in [0.5, 0.6) is 0 Å². The summed E-state index contributed by atoms with van der Waals surface area (Å²) in [6.07, 6.45) is 5.44. The van der Waals surface area contributed by atoms with Crippen LogP contribution in [0.3, 0.4) is 0 Å². The van der Waals surface area contributed by atoms with Gasteiger partial charge in [-0.2, -0.15) is 0 Å². The molecule has 0 amide bonds. The molecular formula is C28H22ClF5. The molecule has 176 valence electrons. The topological polar surface area (TPSA) is 0 Å². The summed E-state index contributed by atoms with van der Waals surface area (Å²) in [5, 5.41) is 0.295. The highest BCUT2D eigenvalue weighted by molar-refractivity contribution is 6.31. The van der Waals surface area contributed by atoms with Crippen molar-refractivity contribution in [3.05, 3.63) is 94.3 Å². The normalized spacial score (nSPS) is 11.4. The Hall–Kier alpha value is -2.92. The van der Waals surface area contributed by atoms with E-state index < -0.39 is 39.7 Å². The molecular weight excluding hydrogens is 467 g/mol. The second-order valence-electron chi connectivity index (χ2n) is 8.36. The molecule has 4 aromatic rings. The van der Waals surface area contributed by atoms with E-state index in [4.69, 9.17) is 11.6 Å². The third kappa shape index (κ3) is 4.80. The number of benzene rings is 4. The summed E-state index contributed by atoms with van der Waals surface area (Å²) in [7, 11) is 0. The largest absolute Gasteiger partial charge is 0.206 e. The SMILES string of the molecule is CCCCCCc1ccc2c(F)c(-c3cc(F)c(-c4cc(F)c(Cl)c(F)c4)c(F)c3)ccc2c1. The minimum absolute atomic E-state index is 0.0169. The molecule has 0 aliphatic rings. The molecule has 0 heterocycles. The number of fused-ring (bicyclic) bond motifs is 1. The molecule has 0 N–H and O–H groups in total. The molecule has 0 spiro atoms. The average molecular weight is 489 g/mol. The number of hydrogen-bond acceptors (Lipinski definition) is 0. The first-order valence-electron chi connectivity index (χ1n) is 11.2. The third-order valence-electron chi connectivity index (χ3n) is 5.96. The Labute approximate surface area is 200 Å². The van der Waals surface area contributed by atoms with Gasteiger partial charge in [0.05, 0.1) is 5.56 Å². The molecule has 6 heteroatoms. The molecule has 4 aromatic carbocycles. The first kappa shape index (κ1) is 24.2. The van der Waals surface area contributed by atoms with Gasteiger partial charge in [0.15, 0.2) is 0 Å². The van der Waals surface area contributed by atoms with Gasteiger partial charge >= 0.3 is 0 Å². The fraction of sp³-hybridized carbons (Fsp3) is 0.214. The molecule has 0 saturated heterocycles. The summed E-state index contributed by atoms with van der Waals surface area (Å²) >= 11 is 5.46. The predicted molar refractivity (Wildman–Crippen MR) is 127 cm³/mol. The lowest BCUT2D eigenvalue weighted by Gasteiger charge is -2.12. The van der Waals surface area contributed by atoms with Crippen molar-refractivity contribution in [2.75, 3.05) is 0 Å². The Balaban J connectivity index is 1.69. The van der Waals surface area contributed by atoms with Crippen LogP contribution in [-0.2, 0) is 6.42 Å². The Morgan fingerprint density at radius 3 is 1.97 bits per heavy atom. The highest BCUT2D eigenvalue weighted by Gasteiger charge is 2.19. The van der Waals surface area contributed by atoms with Crippen LogP contribution >= 0.6 is 11.6 Å². The first-order chi connectivity index (χ1) is 16.3. The zero-order valence-corrected chi connectivity index (χ0v) is 19.3. The molecule has 0 atom stereocenters. The summed E-state index contributed by atoms with van der Waals surface area (Å²) < 4.78 is 72.7. The van der Waals surface area contributed by atoms with E-state index in [2.05, 4.69) is 6.92 Å². The van der Waals surface area contributed by atoms with E-state index in [1.807, 2.05) is 12.1 Å². The van der Waals surface area contributed by atoms with Crippen molar-refractivity contribution in [1.82, 2.24) is 0 Å². The van der Waals surface area contributed by atoms with E-state index in [1.165, 1.54) is 12.5 Å². The van der Waals surface area contributed by atoms with Crippen LogP contribution < -0.4 is 0 Å². The summed E-state index contributed by atoms with van der Waals surface area (Å²) in [4.78, 5) is 0. The summed E-state index contributed by atoms with van der Waals surface area (Å²) in [6, 6.07) is 12.1. The lowest BCUT2D eigenvalue weighted by molar-refractivity contribution is 0.579. The summed E-state index contributed by atoms with van der Waals surface area (Å²) in [6.45, 7) is 2.15. The van der Waals surface area contributed by atoms with Gasteiger partial charge in [-0.05, 0) is 59.2 Å². The maximum atomic E-state index is 15.3. The van der Waals surface area contributed by atoms with Gasteiger partial charge in [-0.3, -0.25) is 0 Å². The molecule has 0 fully saturated rings. The molecule has 0 radical (unpaired) electrons. The van der Waals surface area contributed by atoms with Crippen molar-refractivity contribution >= 4 is 22.4 Å². The third-order valence-corrected chi connectivity index (χ3v) is 6.32. The van der Waals surface area contributed by atoms with Crippen LogP contribution in [0.15, 0.2) is 54.6 Å². The van der Waals surface area contributed by atoms with Gasteiger partial charge in [-0.1, -0.05) is 68.1 Å². The van der Waals surface area contributed by atoms with Gasteiger partial charge in [-0.15, -0.1) is 0 Å². The Morgan fingerprint density at radius 1 is 0.676 bits per heavy atom. The zero-order valence-electron chi connectivity index (χ0n) is 18.5. The van der Waals surface area contributed by atoms with E-state index in [0.29, 0.717) is 10.8 Å². The fourth-order valence-electron chi connectivity index (χ4n) is 4.18. The maximum Gasteiger partial charge on any atom is 0.145 e. The van der Waals surface area contributed by atoms with E-state index >= 15 is 4.39 Å². The van der Waals surface area contributed by atoms with Crippen LogP contribution in [0.25, 0.3) is 33.0 Å². The molecule has 0 aromatic heterocycles. The molecule has 4 rings (SSSR count). The van der Waals surface area contributed by atoms with Crippen molar-refractivity contribution in [3.63, 3.8) is 0 Å². The zero-order chi connectivity index (χ0) is 24.4. The number of hydrogen-bond donors (Lipinski definition) is 0. The molecule has 0 saturated carbocycles. The molecule has 0 unspecified atom stereocenters. The number of aryl methyl sites for hydroxylation is 1. The van der Waals surface area contributed by atoms with Crippen LogP contribution in [0, 0.1) is 29.1 Å². The Bertz CT molecular complexity index is 1320. The van der Waals surface area contributed by atoms with Crippen molar-refractivity contribution in [1.29, 1.82) is 0 Å². The van der Waals surface area contributed by atoms with Gasteiger partial charge in [0.1, 0.15) is 34.1 Å². The van der Waals surface area contributed by atoms with E-state index in [0.717, 1.165) is 55.5 Å². The fourth-order valence-corrected chi connectivity index (χ4v) is 4.29. The van der Waals surface area contributed by atoms with Crippen molar-refractivity contribution in [2.24, 2.45) is 0 Å². The van der Waals surface area contributed by atoms with Gasteiger partial charge < -0.3 is 0 Å². The molecule has 34 heavy (non-hydrogen) atoms. The Morgan fingerprint density at radius 2 is 1.32 bits per heavy atom. The average Bonchev–Trinajstić information content (AvgIpc) is 2.80. The van der Waals surface area contributed by atoms with Crippen molar-refractivity contribution < 1.29 is 22.0 Å². The van der Waals surface area contributed by atoms with Gasteiger partial charge in [0.25, 0.3) is 0 Å². The number of halogens is 6. The quantitative estimate of drug-likeness (QED) is 0.138. The van der Waals surface area contributed by atoms with Crippen LogP contribution in [0.1, 0.15) is 38.2 Å². The lowest BCUT2D eigenvalue weighted by Crippen LogP contribution is -1.96. The minimum atomic E-state index is -1.13. The predicted octanol–water partition coefficient (Wildman–Crippen LogP) is 9.65. The summed E-state index contributed by atoms with van der Waals surface area (Å²) in [5.74, 6) is -5.00. The van der Waals surface area contributed by atoms with E-state index in [1.54, 1.807) is 12.1 Å². The highest BCUT2D eigenvalue weighted by atomic mass is 35.5. The van der Waals surface area contributed by atoms with Crippen LogP contribution in [-0.4, -0.2) is 0 Å². The number of rotatable bonds is 7. The first-order valence-corrected chi connectivity index (χ1v) is 11.5. The molecule has 0 bridgehead atoms. The van der Waals surface area contributed by atoms with Crippen LogP contribution in [0.2, 0.25) is 5.02 Å². The smallest absolute Gasteiger partial charge is 0.145 e. The molecule has 0 nitrogen and oxygen atoms in total. The lowest BCUT2D eigenvalue weighted by atomic mass is 9.95. The molecule has 0 aliphatic heterocycles. The monoisotopic (exact) mass is 488 g/mol. The number of unbranched alkanes of at least 4 members (excludes halogenated alkanes) is 3. The standard InChI is InChI=1S/C28H22ClF5/c1-2-3-4-5-6-16-7-9-20-17(11-16)8-10-21(28(20)34)18-12-22(30)26(23(31)13-18)19-14-24(32)27(29)25(33)15-19/h7-15H,2-6H2,1H3. The second kappa shape index (κ2) is 10.1. The second-order valence-corrected chi connectivity index (χ2v) is 8.74. The van der Waals surface area contributed by atoms with Crippen LogP contribution in [0.4, 0.5) is 22.0 Å². The maximum absolute atomic E-state index is 15.3. The van der Waals surface area contributed by atoms with Crippen molar-refractivity contribution in [3.8, 4) is 22.3 Å². The Kier molecular flexibility index (Phi) is 7.22. The van der Waals surface area contributed by atoms with Crippen molar-refractivity contribution in [2.45, 2.75) is 39.0 Å². The minimum Gasteiger partial charge on any atom is -0.206 e. The van der Waals surface area contributed by atoms with Gasteiger partial charge in [0.2, 0.25) is 0 Å². The highest BCUT2D eigenvalue weighted by Crippen LogP contribution is 2.36. The molecule has 0 aliphatic carbocycles. The summed E-state index contributed by atoms with van der Waals surface area (Å²) in [5.41, 5.74) is 0.163. The van der Waals surface area contributed by atoms with Gasteiger partial charge in [-0.25, -0.2) is 22.0 Å². The van der Waals surface area contributed by atoms with Gasteiger partial charge in [0, 0.05) is 10.9 Å². The van der Waals surface area contributed by atoms with E-state index in [9.17, 15) is 17.6 Å². The van der Waals surface area contributed by atoms with E-state index in [-0.39, 0.29) is 16.7 Å².